The summed E-state index contributed by atoms with van der Waals surface area (Å²) >= 11 is 0. The number of nitrogens with two attached hydrogens (primary N) is 1. The lowest BCUT2D eigenvalue weighted by atomic mass is 10.2. The number of nitrogens with one attached hydrogen (secondary N) is 1. The van der Waals surface area contributed by atoms with Crippen LogP contribution < -0.4 is 9.86 Å². The number of sulfonamides is 2. The second-order valence-electron chi connectivity index (χ2n) is 5.06. The molecular weight excluding hydrogens is 343 g/mol. The van der Waals surface area contributed by atoms with Gasteiger partial charge in [0.25, 0.3) is 10.0 Å². The van der Waals surface area contributed by atoms with E-state index in [2.05, 4.69) is 4.72 Å². The molecule has 6 nitrogen and oxygen atoms in total. The predicted octanol–water partition coefficient (Wildman–Crippen LogP) is 1.89. The van der Waals surface area contributed by atoms with E-state index in [-0.39, 0.29) is 10.6 Å². The van der Waals surface area contributed by atoms with Gasteiger partial charge in [0.05, 0.1) is 15.5 Å². The molecule has 23 heavy (non-hydrogen) atoms. The van der Waals surface area contributed by atoms with Crippen molar-refractivity contribution in [2.75, 3.05) is 4.72 Å². The van der Waals surface area contributed by atoms with Gasteiger partial charge >= 0.3 is 0 Å². The van der Waals surface area contributed by atoms with Crippen molar-refractivity contribution in [1.29, 1.82) is 0 Å². The normalized spacial score (nSPS) is 12.2. The van der Waals surface area contributed by atoms with Gasteiger partial charge in [0.2, 0.25) is 10.0 Å². The summed E-state index contributed by atoms with van der Waals surface area (Å²) in [7, 11) is -8.08. The average Bonchev–Trinajstić information content (AvgIpc) is 2.42. The number of rotatable bonds is 4. The first-order valence-electron chi connectivity index (χ1n) is 6.43. The Morgan fingerprint density at radius 2 is 1.65 bits per heavy atom. The molecule has 0 radical (unpaired) electrons. The largest absolute Gasteiger partial charge is 0.277 e. The van der Waals surface area contributed by atoms with E-state index in [1.54, 1.807) is 26.0 Å². The molecule has 0 amide bonds. The van der Waals surface area contributed by atoms with Gasteiger partial charge < -0.3 is 0 Å². The number of benzene rings is 2. The zero-order valence-corrected chi connectivity index (χ0v) is 14.0. The molecule has 2 aromatic rings. The van der Waals surface area contributed by atoms with E-state index in [0.29, 0.717) is 11.6 Å². The van der Waals surface area contributed by atoms with Crippen molar-refractivity contribution < 1.29 is 21.2 Å². The fourth-order valence-electron chi connectivity index (χ4n) is 1.95. The van der Waals surface area contributed by atoms with E-state index in [4.69, 9.17) is 5.14 Å². The van der Waals surface area contributed by atoms with Gasteiger partial charge in [-0.05, 0) is 49.2 Å². The Morgan fingerprint density at radius 3 is 2.22 bits per heavy atom. The van der Waals surface area contributed by atoms with Gasteiger partial charge in [-0.15, -0.1) is 0 Å². The minimum absolute atomic E-state index is 0.0208. The van der Waals surface area contributed by atoms with Crippen LogP contribution in [0.4, 0.5) is 10.1 Å². The lowest BCUT2D eigenvalue weighted by molar-refractivity contribution is 0.592. The molecule has 9 heteroatoms. The highest BCUT2D eigenvalue weighted by Crippen LogP contribution is 2.24. The maximum absolute atomic E-state index is 14.0. The second kappa shape index (κ2) is 5.91. The highest BCUT2D eigenvalue weighted by atomic mass is 32.2. The Labute approximate surface area is 134 Å². The van der Waals surface area contributed by atoms with Crippen molar-refractivity contribution in [2.24, 2.45) is 5.14 Å². The summed E-state index contributed by atoms with van der Waals surface area (Å²) < 4.78 is 63.2. The summed E-state index contributed by atoms with van der Waals surface area (Å²) in [5.74, 6) is -1.04. The Kier molecular flexibility index (Phi) is 4.47. The van der Waals surface area contributed by atoms with Crippen molar-refractivity contribution in [1.82, 2.24) is 0 Å². The molecule has 0 aromatic heterocycles. The number of primary sulfonamides is 1. The molecule has 0 aliphatic heterocycles. The summed E-state index contributed by atoms with van der Waals surface area (Å²) in [5.41, 5.74) is 0.879. The van der Waals surface area contributed by atoms with Crippen LogP contribution in [0.5, 0.6) is 0 Å². The zero-order valence-electron chi connectivity index (χ0n) is 12.4. The third-order valence-corrected chi connectivity index (χ3v) is 5.57. The molecule has 0 spiro atoms. The van der Waals surface area contributed by atoms with Crippen LogP contribution in [0.15, 0.2) is 46.2 Å². The van der Waals surface area contributed by atoms with E-state index in [1.807, 2.05) is 0 Å². The Morgan fingerprint density at radius 1 is 1.00 bits per heavy atom. The number of anilines is 1. The second-order valence-corrected chi connectivity index (χ2v) is 8.27. The third kappa shape index (κ3) is 3.87. The summed E-state index contributed by atoms with van der Waals surface area (Å²) in [4.78, 5) is -0.419. The van der Waals surface area contributed by atoms with Gasteiger partial charge in [-0.25, -0.2) is 26.4 Å². The molecule has 0 bridgehead atoms. The zero-order chi connectivity index (χ0) is 17.4. The molecule has 3 N–H and O–H groups in total. The van der Waals surface area contributed by atoms with Crippen LogP contribution in [0.2, 0.25) is 0 Å². The van der Waals surface area contributed by atoms with Crippen molar-refractivity contribution in [3.8, 4) is 0 Å². The van der Waals surface area contributed by atoms with Crippen molar-refractivity contribution in [2.45, 2.75) is 23.6 Å². The first kappa shape index (κ1) is 17.4. The summed E-state index contributed by atoms with van der Waals surface area (Å²) in [6.45, 7) is 3.36. The van der Waals surface area contributed by atoms with Crippen LogP contribution in [0.1, 0.15) is 11.1 Å². The van der Waals surface area contributed by atoms with Crippen LogP contribution in [0.25, 0.3) is 0 Å². The molecule has 0 aliphatic rings. The maximum Gasteiger partial charge on any atom is 0.262 e. The van der Waals surface area contributed by atoms with Crippen LogP contribution >= 0.6 is 0 Å². The van der Waals surface area contributed by atoms with Crippen molar-refractivity contribution in [3.05, 3.63) is 53.3 Å². The molecule has 0 heterocycles. The maximum atomic E-state index is 14.0. The lowest BCUT2D eigenvalue weighted by Gasteiger charge is -2.12. The van der Waals surface area contributed by atoms with Crippen molar-refractivity contribution >= 4 is 25.7 Å². The molecular formula is C14H15FN2O4S2. The van der Waals surface area contributed by atoms with Gasteiger partial charge in [-0.1, -0.05) is 12.1 Å². The predicted molar refractivity (Wildman–Crippen MR) is 84.5 cm³/mol. The SMILES string of the molecule is Cc1ccc(C)c(S(=O)(=O)Nc2ccc(S(N)(=O)=O)cc2F)c1. The van der Waals surface area contributed by atoms with E-state index in [1.165, 1.54) is 6.07 Å². The molecule has 0 saturated heterocycles. The molecule has 2 aromatic carbocycles. The number of hydrogen-bond acceptors (Lipinski definition) is 4. The average molecular weight is 358 g/mol. The molecule has 0 unspecified atom stereocenters. The summed E-state index contributed by atoms with van der Waals surface area (Å²) in [5, 5.41) is 4.90. The monoisotopic (exact) mass is 358 g/mol. The summed E-state index contributed by atoms with van der Waals surface area (Å²) in [6, 6.07) is 7.57. The van der Waals surface area contributed by atoms with Gasteiger partial charge in [0.15, 0.2) is 0 Å². The molecule has 2 rings (SSSR count). The van der Waals surface area contributed by atoms with Crippen LogP contribution in [0, 0.1) is 19.7 Å². The van der Waals surface area contributed by atoms with Gasteiger partial charge in [-0.3, -0.25) is 4.72 Å². The topological polar surface area (TPSA) is 106 Å². The van der Waals surface area contributed by atoms with Gasteiger partial charge in [0, 0.05) is 0 Å². The Hall–Kier alpha value is -1.97. The first-order chi connectivity index (χ1) is 10.5. The number of hydrogen-bond donors (Lipinski definition) is 2. The smallest absolute Gasteiger partial charge is 0.262 e. The third-order valence-electron chi connectivity index (χ3n) is 3.15. The highest BCUT2D eigenvalue weighted by Gasteiger charge is 2.20. The van der Waals surface area contributed by atoms with Crippen molar-refractivity contribution in [3.63, 3.8) is 0 Å². The molecule has 0 atom stereocenters. The van der Waals surface area contributed by atoms with E-state index in [0.717, 1.165) is 17.7 Å². The number of halogens is 1. The minimum atomic E-state index is -4.07. The van der Waals surface area contributed by atoms with Crippen LogP contribution in [-0.2, 0) is 20.0 Å². The number of aryl methyl sites for hydroxylation is 2. The fourth-order valence-corrected chi connectivity index (χ4v) is 3.88. The minimum Gasteiger partial charge on any atom is -0.277 e. The Balaban J connectivity index is 2.44. The van der Waals surface area contributed by atoms with Crippen LogP contribution in [-0.4, -0.2) is 16.8 Å². The molecule has 0 fully saturated rings. The van der Waals surface area contributed by atoms with Gasteiger partial charge in [0.1, 0.15) is 5.82 Å². The van der Waals surface area contributed by atoms with E-state index >= 15 is 0 Å². The van der Waals surface area contributed by atoms with Crippen LogP contribution in [0.3, 0.4) is 0 Å². The standard InChI is InChI=1S/C14H15FN2O4S2/c1-9-3-4-10(2)14(7-9)23(20,21)17-13-6-5-11(8-12(13)15)22(16,18)19/h3-8,17H,1-2H3,(H2,16,18,19). The highest BCUT2D eigenvalue weighted by molar-refractivity contribution is 7.92. The molecule has 0 saturated carbocycles. The first-order valence-corrected chi connectivity index (χ1v) is 9.46. The summed E-state index contributed by atoms with van der Waals surface area (Å²) in [6.07, 6.45) is 0. The van der Waals surface area contributed by atoms with Gasteiger partial charge in [-0.2, -0.15) is 0 Å². The lowest BCUT2D eigenvalue weighted by Crippen LogP contribution is -2.16. The molecule has 124 valence electrons. The quantitative estimate of drug-likeness (QED) is 0.870. The Bertz CT molecular complexity index is 970. The fraction of sp³-hybridized carbons (Fsp3) is 0.143. The van der Waals surface area contributed by atoms with E-state index in [9.17, 15) is 21.2 Å². The molecule has 0 aliphatic carbocycles. The van der Waals surface area contributed by atoms with E-state index < -0.39 is 30.8 Å².